The Hall–Kier alpha value is -1.07. The number of hydrogen-bond acceptors (Lipinski definition) is 4. The molecule has 1 rings (SSSR count). The normalized spacial score (nSPS) is 11.5. The molecule has 0 fully saturated rings. The van der Waals surface area contributed by atoms with Crippen molar-refractivity contribution in [3.05, 3.63) is 29.3 Å². The maximum Gasteiger partial charge on any atom is 0.154 e. The van der Waals surface area contributed by atoms with Crippen molar-refractivity contribution in [3.8, 4) is 5.75 Å². The highest BCUT2D eigenvalue weighted by Gasteiger charge is 2.15. The van der Waals surface area contributed by atoms with Crippen LogP contribution in [-0.2, 0) is 22.1 Å². The molecule has 108 valence electrons. The first-order chi connectivity index (χ1) is 9.02. The van der Waals surface area contributed by atoms with Crippen LogP contribution in [0.5, 0.6) is 5.75 Å². The second-order valence-electron chi connectivity index (χ2n) is 4.65. The molecular weight excluding hydrogens is 262 g/mol. The van der Waals surface area contributed by atoms with Crippen LogP contribution in [0, 0.1) is 0 Å². The van der Waals surface area contributed by atoms with E-state index in [1.54, 1.807) is 13.2 Å². The lowest BCUT2D eigenvalue weighted by atomic mass is 10.1. The monoisotopic (exact) mass is 285 g/mol. The van der Waals surface area contributed by atoms with Gasteiger partial charge < -0.3 is 10.5 Å². The Bertz CT molecular complexity index is 497. The van der Waals surface area contributed by atoms with Crippen molar-refractivity contribution in [1.29, 1.82) is 0 Å². The molecule has 0 aliphatic rings. The number of sulfone groups is 1. The van der Waals surface area contributed by atoms with Gasteiger partial charge in [0, 0.05) is 12.1 Å². The lowest BCUT2D eigenvalue weighted by Gasteiger charge is -2.11. The zero-order valence-corrected chi connectivity index (χ0v) is 12.5. The summed E-state index contributed by atoms with van der Waals surface area (Å²) in [6, 6.07) is 5.45. The molecular formula is C14H23NO3S. The van der Waals surface area contributed by atoms with Gasteiger partial charge in [-0.15, -0.1) is 0 Å². The molecule has 5 heteroatoms. The smallest absolute Gasteiger partial charge is 0.154 e. The van der Waals surface area contributed by atoms with Gasteiger partial charge in [-0.1, -0.05) is 25.8 Å². The van der Waals surface area contributed by atoms with Gasteiger partial charge >= 0.3 is 0 Å². The lowest BCUT2D eigenvalue weighted by Crippen LogP contribution is -2.11. The summed E-state index contributed by atoms with van der Waals surface area (Å²) in [6.07, 6.45) is 2.68. The van der Waals surface area contributed by atoms with E-state index in [1.807, 2.05) is 12.1 Å². The second kappa shape index (κ2) is 7.50. The fourth-order valence-corrected chi connectivity index (χ4v) is 3.44. The summed E-state index contributed by atoms with van der Waals surface area (Å²) in [6.45, 7) is 2.45. The molecule has 0 spiro atoms. The van der Waals surface area contributed by atoms with Crippen molar-refractivity contribution < 1.29 is 13.2 Å². The van der Waals surface area contributed by atoms with Crippen LogP contribution < -0.4 is 10.5 Å². The van der Waals surface area contributed by atoms with E-state index in [2.05, 4.69) is 6.92 Å². The van der Waals surface area contributed by atoms with Crippen LogP contribution in [0.2, 0.25) is 0 Å². The number of benzene rings is 1. The third-order valence-electron chi connectivity index (χ3n) is 3.01. The zero-order chi connectivity index (χ0) is 14.3. The maximum atomic E-state index is 12.1. The van der Waals surface area contributed by atoms with Gasteiger partial charge in [0.2, 0.25) is 0 Å². The molecule has 0 atom stereocenters. The Labute approximate surface area is 115 Å². The fourth-order valence-electron chi connectivity index (χ4n) is 1.95. The van der Waals surface area contributed by atoms with E-state index < -0.39 is 9.84 Å². The summed E-state index contributed by atoms with van der Waals surface area (Å²) in [5.41, 5.74) is 7.19. The van der Waals surface area contributed by atoms with Crippen LogP contribution in [0.3, 0.4) is 0 Å². The molecule has 1 aromatic rings. The number of rotatable bonds is 8. The van der Waals surface area contributed by atoms with Gasteiger partial charge in [0.15, 0.2) is 9.84 Å². The summed E-state index contributed by atoms with van der Waals surface area (Å²) >= 11 is 0. The van der Waals surface area contributed by atoms with Gasteiger partial charge in [0.05, 0.1) is 18.6 Å². The summed E-state index contributed by atoms with van der Waals surface area (Å²) < 4.78 is 29.3. The van der Waals surface area contributed by atoms with Crippen LogP contribution in [0.25, 0.3) is 0 Å². The van der Waals surface area contributed by atoms with Gasteiger partial charge in [-0.2, -0.15) is 0 Å². The first kappa shape index (κ1) is 16.0. The van der Waals surface area contributed by atoms with Crippen molar-refractivity contribution in [2.45, 2.75) is 38.5 Å². The van der Waals surface area contributed by atoms with E-state index in [1.165, 1.54) is 0 Å². The van der Waals surface area contributed by atoms with E-state index in [9.17, 15) is 8.42 Å². The summed E-state index contributed by atoms with van der Waals surface area (Å²) in [4.78, 5) is 0. The summed E-state index contributed by atoms with van der Waals surface area (Å²) in [5, 5.41) is 0. The van der Waals surface area contributed by atoms with Crippen molar-refractivity contribution in [1.82, 2.24) is 0 Å². The third kappa shape index (κ3) is 5.20. The van der Waals surface area contributed by atoms with Gasteiger partial charge in [0.1, 0.15) is 5.75 Å². The molecule has 19 heavy (non-hydrogen) atoms. The van der Waals surface area contributed by atoms with E-state index in [-0.39, 0.29) is 11.5 Å². The number of ether oxygens (including phenoxy) is 1. The molecule has 0 amide bonds. The van der Waals surface area contributed by atoms with Crippen molar-refractivity contribution in [2.75, 3.05) is 12.9 Å². The molecule has 0 saturated heterocycles. The molecule has 0 bridgehead atoms. The van der Waals surface area contributed by atoms with Crippen LogP contribution in [0.1, 0.15) is 37.3 Å². The van der Waals surface area contributed by atoms with E-state index >= 15 is 0 Å². The minimum atomic E-state index is -3.09. The van der Waals surface area contributed by atoms with Gasteiger partial charge in [-0.05, 0) is 24.1 Å². The molecule has 0 radical (unpaired) electrons. The molecule has 0 aromatic heterocycles. The number of methoxy groups -OCH3 is 1. The van der Waals surface area contributed by atoms with Crippen molar-refractivity contribution >= 4 is 9.84 Å². The highest BCUT2D eigenvalue weighted by Crippen LogP contribution is 2.22. The highest BCUT2D eigenvalue weighted by molar-refractivity contribution is 7.90. The standard InChI is InChI=1S/C14H23NO3S/c1-3-4-5-8-19(16,17)11-13-9-12(10-15)6-7-14(13)18-2/h6-7,9H,3-5,8,10-11,15H2,1-2H3. The lowest BCUT2D eigenvalue weighted by molar-refractivity contribution is 0.410. The molecule has 2 N–H and O–H groups in total. The minimum Gasteiger partial charge on any atom is -0.496 e. The van der Waals surface area contributed by atoms with Crippen LogP contribution >= 0.6 is 0 Å². The molecule has 0 unspecified atom stereocenters. The van der Waals surface area contributed by atoms with Gasteiger partial charge in [-0.3, -0.25) is 0 Å². The molecule has 0 heterocycles. The first-order valence-corrected chi connectivity index (χ1v) is 8.40. The first-order valence-electron chi connectivity index (χ1n) is 6.58. The Kier molecular flexibility index (Phi) is 6.31. The molecule has 0 aliphatic carbocycles. The SMILES string of the molecule is CCCCCS(=O)(=O)Cc1cc(CN)ccc1OC. The van der Waals surface area contributed by atoms with Gasteiger partial charge in [0.25, 0.3) is 0 Å². The highest BCUT2D eigenvalue weighted by atomic mass is 32.2. The van der Waals surface area contributed by atoms with Crippen LogP contribution in [-0.4, -0.2) is 21.3 Å². The van der Waals surface area contributed by atoms with Crippen LogP contribution in [0.4, 0.5) is 0 Å². The summed E-state index contributed by atoms with van der Waals surface area (Å²) in [5.74, 6) is 0.862. The second-order valence-corrected chi connectivity index (χ2v) is 6.83. The number of nitrogens with two attached hydrogens (primary N) is 1. The topological polar surface area (TPSA) is 69.4 Å². The van der Waals surface area contributed by atoms with Crippen molar-refractivity contribution in [3.63, 3.8) is 0 Å². The fraction of sp³-hybridized carbons (Fsp3) is 0.571. The number of unbranched alkanes of at least 4 members (excludes halogenated alkanes) is 2. The Morgan fingerprint density at radius 1 is 1.26 bits per heavy atom. The Morgan fingerprint density at radius 2 is 2.00 bits per heavy atom. The predicted octanol–water partition coefficient (Wildman–Crippen LogP) is 2.26. The van der Waals surface area contributed by atoms with Crippen molar-refractivity contribution in [2.24, 2.45) is 5.73 Å². The third-order valence-corrected chi connectivity index (χ3v) is 4.68. The van der Waals surface area contributed by atoms with Gasteiger partial charge in [-0.25, -0.2) is 8.42 Å². The minimum absolute atomic E-state index is 0.0216. The quantitative estimate of drug-likeness (QED) is 0.744. The van der Waals surface area contributed by atoms with E-state index in [0.29, 0.717) is 17.9 Å². The maximum absolute atomic E-state index is 12.1. The largest absolute Gasteiger partial charge is 0.496 e. The van der Waals surface area contributed by atoms with Crippen LogP contribution in [0.15, 0.2) is 18.2 Å². The summed E-state index contributed by atoms with van der Waals surface area (Å²) in [7, 11) is -1.54. The van der Waals surface area contributed by atoms with E-state index in [4.69, 9.17) is 10.5 Å². The molecule has 0 saturated carbocycles. The van der Waals surface area contributed by atoms with E-state index in [0.717, 1.165) is 24.8 Å². The predicted molar refractivity (Wildman–Crippen MR) is 77.9 cm³/mol. The molecule has 1 aromatic carbocycles. The zero-order valence-electron chi connectivity index (χ0n) is 11.7. The molecule has 4 nitrogen and oxygen atoms in total. The molecule has 0 aliphatic heterocycles. The Morgan fingerprint density at radius 3 is 2.58 bits per heavy atom. The number of hydrogen-bond donors (Lipinski definition) is 1. The average Bonchev–Trinajstić information content (AvgIpc) is 2.38. The Balaban J connectivity index is 2.84. The average molecular weight is 285 g/mol.